The second kappa shape index (κ2) is 4.99. The smallest absolute Gasteiger partial charge is 0.162 e. The topological polar surface area (TPSA) is 47.1 Å². The van der Waals surface area contributed by atoms with Crippen molar-refractivity contribution in [2.75, 3.05) is 14.2 Å². The van der Waals surface area contributed by atoms with E-state index in [1.807, 2.05) is 0 Å². The fraction of sp³-hybridized carbons (Fsp3) is 0.667. The lowest BCUT2D eigenvalue weighted by molar-refractivity contribution is -0.101. The number of methoxy groups -OCH3 is 2. The van der Waals surface area contributed by atoms with Gasteiger partial charge in [0, 0.05) is 31.9 Å². The van der Waals surface area contributed by atoms with E-state index in [-0.39, 0.29) is 6.29 Å². The zero-order valence-corrected chi connectivity index (χ0v) is 8.26. The monoisotopic (exact) mass is 183 g/mol. The van der Waals surface area contributed by atoms with Gasteiger partial charge in [-0.15, -0.1) is 0 Å². The normalized spacial score (nSPS) is 11.1. The highest BCUT2D eigenvalue weighted by Crippen LogP contribution is 2.09. The van der Waals surface area contributed by atoms with Crippen molar-refractivity contribution in [1.82, 2.24) is 10.2 Å². The molecule has 0 unspecified atom stereocenters. The first-order valence-electron chi connectivity index (χ1n) is 4.31. The molecule has 1 heterocycles. The molecule has 1 radical (unpaired) electrons. The highest BCUT2D eigenvalue weighted by molar-refractivity contribution is 5.15. The average Bonchev–Trinajstić information content (AvgIpc) is 2.61. The van der Waals surface area contributed by atoms with E-state index in [9.17, 15) is 0 Å². The highest BCUT2D eigenvalue weighted by Gasteiger charge is 2.11. The second-order valence-electron chi connectivity index (χ2n) is 2.75. The molecule has 1 aromatic heterocycles. The van der Waals surface area contributed by atoms with E-state index in [1.165, 1.54) is 0 Å². The van der Waals surface area contributed by atoms with Gasteiger partial charge in [0.25, 0.3) is 0 Å². The van der Waals surface area contributed by atoms with Crippen LogP contribution in [0.25, 0.3) is 0 Å². The Morgan fingerprint density at radius 3 is 2.69 bits per heavy atom. The molecule has 4 heteroatoms. The van der Waals surface area contributed by atoms with Crippen molar-refractivity contribution in [3.63, 3.8) is 0 Å². The fourth-order valence-corrected chi connectivity index (χ4v) is 1.19. The number of hydrogen-bond acceptors (Lipinski definition) is 3. The van der Waals surface area contributed by atoms with Crippen LogP contribution in [0.15, 0.2) is 0 Å². The number of aromatic nitrogens is 2. The van der Waals surface area contributed by atoms with Gasteiger partial charge in [0.2, 0.25) is 0 Å². The molecule has 0 saturated heterocycles. The number of rotatable bonds is 5. The predicted molar refractivity (Wildman–Crippen MR) is 48.3 cm³/mol. The maximum atomic E-state index is 5.09. The second-order valence-corrected chi connectivity index (χ2v) is 2.75. The van der Waals surface area contributed by atoms with Gasteiger partial charge in [-0.2, -0.15) is 5.10 Å². The minimum atomic E-state index is -0.209. The van der Waals surface area contributed by atoms with Crippen LogP contribution in [-0.4, -0.2) is 30.7 Å². The van der Waals surface area contributed by atoms with Gasteiger partial charge >= 0.3 is 0 Å². The molecule has 0 saturated carbocycles. The summed E-state index contributed by atoms with van der Waals surface area (Å²) in [6.45, 7) is 2.07. The highest BCUT2D eigenvalue weighted by atomic mass is 16.7. The number of nitrogens with zero attached hydrogens (tertiary/aromatic N) is 1. The molecule has 0 fully saturated rings. The third kappa shape index (κ3) is 2.54. The lowest BCUT2D eigenvalue weighted by Crippen LogP contribution is -2.17. The van der Waals surface area contributed by atoms with Gasteiger partial charge in [0.05, 0.1) is 0 Å². The molecule has 0 amide bonds. The Balaban J connectivity index is 2.61. The van der Waals surface area contributed by atoms with Gasteiger partial charge in [-0.3, -0.25) is 5.10 Å². The van der Waals surface area contributed by atoms with Crippen molar-refractivity contribution in [1.29, 1.82) is 0 Å². The summed E-state index contributed by atoms with van der Waals surface area (Å²) in [5, 5.41) is 6.74. The molecule has 0 aliphatic heterocycles. The molecule has 73 valence electrons. The van der Waals surface area contributed by atoms with Gasteiger partial charge in [-0.05, 0) is 6.42 Å². The van der Waals surface area contributed by atoms with Crippen LogP contribution in [0.5, 0.6) is 0 Å². The molecule has 1 N–H and O–H groups in total. The molecule has 0 aliphatic rings. The third-order valence-electron chi connectivity index (χ3n) is 2.00. The van der Waals surface area contributed by atoms with E-state index >= 15 is 0 Å². The van der Waals surface area contributed by atoms with Crippen LogP contribution in [-0.2, 0) is 22.3 Å². The number of aromatic amines is 1. The Morgan fingerprint density at radius 2 is 2.15 bits per heavy atom. The lowest BCUT2D eigenvalue weighted by Gasteiger charge is -2.12. The van der Waals surface area contributed by atoms with E-state index in [1.54, 1.807) is 14.2 Å². The number of nitrogens with one attached hydrogen (secondary N) is 1. The van der Waals surface area contributed by atoms with Crippen LogP contribution < -0.4 is 0 Å². The Bertz CT molecular complexity index is 244. The van der Waals surface area contributed by atoms with E-state index in [0.29, 0.717) is 6.42 Å². The molecule has 0 spiro atoms. The molecule has 4 nitrogen and oxygen atoms in total. The fourth-order valence-electron chi connectivity index (χ4n) is 1.19. The SMILES string of the molecule is CCc1[c]n[nH]c1CC(OC)OC. The maximum absolute atomic E-state index is 5.09. The average molecular weight is 183 g/mol. The summed E-state index contributed by atoms with van der Waals surface area (Å²) < 4.78 is 10.2. The summed E-state index contributed by atoms with van der Waals surface area (Å²) in [4.78, 5) is 0. The van der Waals surface area contributed by atoms with Crippen LogP contribution in [0.3, 0.4) is 0 Å². The van der Waals surface area contributed by atoms with E-state index < -0.39 is 0 Å². The number of hydrogen-bond donors (Lipinski definition) is 1. The predicted octanol–water partition coefficient (Wildman–Crippen LogP) is 0.934. The molecule has 1 rings (SSSR count). The van der Waals surface area contributed by atoms with Crippen LogP contribution in [0.4, 0.5) is 0 Å². The standard InChI is InChI=1S/C9H15N2O2/c1-4-7-6-10-11-8(7)5-9(12-2)13-3/h9H,4-5H2,1-3H3,(H,10,11). The van der Waals surface area contributed by atoms with E-state index in [2.05, 4.69) is 23.3 Å². The van der Waals surface area contributed by atoms with Crippen LogP contribution >= 0.6 is 0 Å². The summed E-state index contributed by atoms with van der Waals surface area (Å²) in [5.74, 6) is 0. The number of aryl methyl sites for hydroxylation is 1. The minimum Gasteiger partial charge on any atom is -0.356 e. The maximum Gasteiger partial charge on any atom is 0.162 e. The van der Waals surface area contributed by atoms with Gasteiger partial charge in [-0.1, -0.05) is 6.92 Å². The summed E-state index contributed by atoms with van der Waals surface area (Å²) in [6.07, 6.45) is 4.29. The third-order valence-corrected chi connectivity index (χ3v) is 2.00. The summed E-state index contributed by atoms with van der Waals surface area (Å²) in [5.41, 5.74) is 2.13. The Labute approximate surface area is 78.2 Å². The number of ether oxygens (including phenoxy) is 2. The summed E-state index contributed by atoms with van der Waals surface area (Å²) in [6, 6.07) is 0. The van der Waals surface area contributed by atoms with Crippen molar-refractivity contribution >= 4 is 0 Å². The summed E-state index contributed by atoms with van der Waals surface area (Å²) in [7, 11) is 3.25. The number of H-pyrrole nitrogens is 1. The Morgan fingerprint density at radius 1 is 1.46 bits per heavy atom. The molecule has 0 aliphatic carbocycles. The van der Waals surface area contributed by atoms with Crippen LogP contribution in [0, 0.1) is 6.20 Å². The zero-order valence-electron chi connectivity index (χ0n) is 8.26. The summed E-state index contributed by atoms with van der Waals surface area (Å²) >= 11 is 0. The zero-order chi connectivity index (χ0) is 9.68. The molecular weight excluding hydrogens is 168 g/mol. The first kappa shape index (κ1) is 10.2. The van der Waals surface area contributed by atoms with Crippen molar-refractivity contribution in [3.8, 4) is 0 Å². The van der Waals surface area contributed by atoms with Crippen molar-refractivity contribution < 1.29 is 9.47 Å². The van der Waals surface area contributed by atoms with Crippen LogP contribution in [0.2, 0.25) is 0 Å². The van der Waals surface area contributed by atoms with Crippen molar-refractivity contribution in [3.05, 3.63) is 17.5 Å². The first-order valence-corrected chi connectivity index (χ1v) is 4.31. The largest absolute Gasteiger partial charge is 0.356 e. The van der Waals surface area contributed by atoms with Crippen molar-refractivity contribution in [2.45, 2.75) is 26.1 Å². The van der Waals surface area contributed by atoms with Gasteiger partial charge in [0.1, 0.15) is 6.20 Å². The minimum absolute atomic E-state index is 0.209. The molecule has 0 atom stereocenters. The Kier molecular flexibility index (Phi) is 3.92. The molecule has 0 aromatic carbocycles. The molecule has 0 bridgehead atoms. The molecular formula is C9H15N2O2. The molecule has 13 heavy (non-hydrogen) atoms. The quantitative estimate of drug-likeness (QED) is 0.691. The van der Waals surface area contributed by atoms with Crippen LogP contribution in [0.1, 0.15) is 18.2 Å². The molecule has 1 aromatic rings. The lowest BCUT2D eigenvalue weighted by atomic mass is 10.1. The Hall–Kier alpha value is -0.870. The van der Waals surface area contributed by atoms with Crippen molar-refractivity contribution in [2.24, 2.45) is 0 Å². The van der Waals surface area contributed by atoms with Gasteiger partial charge < -0.3 is 9.47 Å². The van der Waals surface area contributed by atoms with Gasteiger partial charge in [-0.25, -0.2) is 0 Å². The van der Waals surface area contributed by atoms with Gasteiger partial charge in [0.15, 0.2) is 6.29 Å². The van der Waals surface area contributed by atoms with E-state index in [0.717, 1.165) is 17.7 Å². The van der Waals surface area contributed by atoms with E-state index in [4.69, 9.17) is 9.47 Å². The first-order chi connectivity index (χ1) is 6.31.